The monoisotopic (exact) mass is 510 g/mol. The Morgan fingerprint density at radius 2 is 1.85 bits per heavy atom. The molecule has 3 aliphatic rings. The van der Waals surface area contributed by atoms with Crippen molar-refractivity contribution in [1.29, 1.82) is 0 Å². The predicted molar refractivity (Wildman–Crippen MR) is 116 cm³/mol. The molecule has 2 N–H and O–H groups in total. The number of nitrogens with zero attached hydrogens (tertiary/aromatic N) is 1. The van der Waals surface area contributed by atoms with Crippen LogP contribution in [-0.2, 0) is 9.59 Å². The van der Waals surface area contributed by atoms with Crippen molar-refractivity contribution in [2.75, 3.05) is 0 Å². The van der Waals surface area contributed by atoms with Crippen LogP contribution in [-0.4, -0.2) is 46.2 Å². The molecule has 33 heavy (non-hydrogen) atoms. The highest BCUT2D eigenvalue weighted by Crippen LogP contribution is 2.41. The number of carboxylic acids is 1. The zero-order valence-electron chi connectivity index (χ0n) is 18.1. The fourth-order valence-electron chi connectivity index (χ4n) is 5.19. The highest BCUT2D eigenvalue weighted by Gasteiger charge is 2.58. The van der Waals surface area contributed by atoms with E-state index in [9.17, 15) is 32.7 Å². The summed E-state index contributed by atoms with van der Waals surface area (Å²) >= 11 is 12.3. The molecular weight excluding hydrogens is 484 g/mol. The maximum atomic E-state index is 13.7. The Labute approximate surface area is 200 Å². The average molecular weight is 511 g/mol. The molecule has 6 nitrogen and oxygen atoms in total. The number of likely N-dealkylation sites (tertiary alicyclic amines) is 1. The molecule has 0 aromatic carbocycles. The minimum atomic E-state index is -4.70. The van der Waals surface area contributed by atoms with Gasteiger partial charge in [-0.1, -0.05) is 49.4 Å². The summed E-state index contributed by atoms with van der Waals surface area (Å²) in [7, 11) is 0. The summed E-state index contributed by atoms with van der Waals surface area (Å²) in [5.74, 6) is -4.75. The Morgan fingerprint density at radius 1 is 1.21 bits per heavy atom. The van der Waals surface area contributed by atoms with E-state index in [0.717, 1.165) is 6.42 Å². The summed E-state index contributed by atoms with van der Waals surface area (Å²) in [6.07, 6.45) is 2.12. The summed E-state index contributed by atoms with van der Waals surface area (Å²) in [5.41, 5.74) is 0. The normalized spacial score (nSPS) is 28.4. The second-order valence-corrected chi connectivity index (χ2v) is 10.1. The zero-order valence-corrected chi connectivity index (χ0v) is 19.6. The quantitative estimate of drug-likeness (QED) is 0.467. The molecule has 0 radical (unpaired) electrons. The Hall–Kier alpha value is -1.74. The fourth-order valence-corrected chi connectivity index (χ4v) is 5.67. The lowest BCUT2D eigenvalue weighted by Gasteiger charge is -2.46. The molecule has 2 fully saturated rings. The van der Waals surface area contributed by atoms with Gasteiger partial charge in [-0.25, -0.2) is 14.5 Å². The molecular formula is C22H27Cl2F3N2O4. The number of carbonyl (C=O) groups is 3. The zero-order chi connectivity index (χ0) is 24.5. The van der Waals surface area contributed by atoms with Crippen molar-refractivity contribution in [1.82, 2.24) is 10.2 Å². The molecule has 0 aromatic rings. The second-order valence-electron chi connectivity index (χ2n) is 9.16. The van der Waals surface area contributed by atoms with Gasteiger partial charge in [-0.15, -0.1) is 0 Å². The number of hydrogen-bond acceptors (Lipinski definition) is 3. The third kappa shape index (κ3) is 5.67. The summed E-state index contributed by atoms with van der Waals surface area (Å²) in [5, 5.41) is 12.7. The molecule has 2 aliphatic carbocycles. The van der Waals surface area contributed by atoms with Crippen LogP contribution in [0, 0.1) is 23.7 Å². The number of nitrogens with one attached hydrogen (secondary N) is 1. The van der Waals surface area contributed by atoms with Gasteiger partial charge in [0.05, 0.1) is 5.92 Å². The van der Waals surface area contributed by atoms with E-state index >= 15 is 0 Å². The van der Waals surface area contributed by atoms with Crippen LogP contribution in [0.15, 0.2) is 22.2 Å². The lowest BCUT2D eigenvalue weighted by atomic mass is 9.74. The van der Waals surface area contributed by atoms with Gasteiger partial charge in [0.15, 0.2) is 6.04 Å². The van der Waals surface area contributed by atoms with Gasteiger partial charge in [0.25, 0.3) is 0 Å². The van der Waals surface area contributed by atoms with Crippen molar-refractivity contribution < 1.29 is 32.7 Å². The van der Waals surface area contributed by atoms with Crippen LogP contribution in [0.5, 0.6) is 0 Å². The Morgan fingerprint density at radius 3 is 2.42 bits per heavy atom. The SMILES string of the molecule is C[C@@H](CC1CC(Cl)=CC=C1Cl)[C@H]1C(=O)N(C(=O)N[C@@H](C2CCCCC2)C(F)(F)F)[C@@H]1C(=O)O. The molecule has 1 aliphatic heterocycles. The molecule has 5 atom stereocenters. The Bertz CT molecular complexity index is 855. The third-order valence-corrected chi connectivity index (χ3v) is 7.60. The van der Waals surface area contributed by atoms with E-state index in [1.54, 1.807) is 19.1 Å². The third-order valence-electron chi connectivity index (χ3n) is 6.89. The molecule has 3 amide bonds. The first-order valence-electron chi connectivity index (χ1n) is 11.1. The molecule has 0 bridgehead atoms. The molecule has 1 saturated carbocycles. The molecule has 11 heteroatoms. The molecule has 0 aromatic heterocycles. The van der Waals surface area contributed by atoms with Gasteiger partial charge in [-0.3, -0.25) is 4.79 Å². The second kappa shape index (κ2) is 10.3. The number of aliphatic carboxylic acids is 1. The van der Waals surface area contributed by atoms with Crippen LogP contribution < -0.4 is 5.32 Å². The topological polar surface area (TPSA) is 86.7 Å². The van der Waals surface area contributed by atoms with Crippen molar-refractivity contribution in [2.24, 2.45) is 23.7 Å². The number of alkyl halides is 3. The van der Waals surface area contributed by atoms with Gasteiger partial charge in [0, 0.05) is 10.1 Å². The highest BCUT2D eigenvalue weighted by molar-refractivity contribution is 6.32. The maximum Gasteiger partial charge on any atom is 0.408 e. The minimum Gasteiger partial charge on any atom is -0.480 e. The van der Waals surface area contributed by atoms with E-state index in [0.29, 0.717) is 53.5 Å². The average Bonchev–Trinajstić information content (AvgIpc) is 2.72. The molecule has 1 unspecified atom stereocenters. The lowest BCUT2D eigenvalue weighted by Crippen LogP contribution is -2.71. The van der Waals surface area contributed by atoms with Crippen LogP contribution in [0.25, 0.3) is 0 Å². The van der Waals surface area contributed by atoms with Crippen LogP contribution in [0.1, 0.15) is 51.9 Å². The van der Waals surface area contributed by atoms with Gasteiger partial charge in [0.1, 0.15) is 6.04 Å². The molecule has 0 spiro atoms. The standard InChI is InChI=1S/C22H27Cl2F3N2O4/c1-11(9-13-10-14(23)7-8-15(13)24)16-17(20(31)32)29(19(16)30)21(33)28-18(22(25,26)27)12-5-3-2-4-6-12/h7-8,11-13,16-18H,2-6,9-10H2,1H3,(H,28,33)(H,31,32)/t11-,13?,16+,17-,18-/m0/s1. The first-order chi connectivity index (χ1) is 15.4. The largest absolute Gasteiger partial charge is 0.480 e. The van der Waals surface area contributed by atoms with Gasteiger partial charge < -0.3 is 10.4 Å². The minimum absolute atomic E-state index is 0.204. The Balaban J connectivity index is 1.71. The first kappa shape index (κ1) is 25.9. The highest BCUT2D eigenvalue weighted by atomic mass is 35.5. The van der Waals surface area contributed by atoms with Crippen molar-refractivity contribution >= 4 is 41.1 Å². The van der Waals surface area contributed by atoms with Crippen LogP contribution in [0.3, 0.4) is 0 Å². The molecule has 1 saturated heterocycles. The van der Waals surface area contributed by atoms with E-state index < -0.39 is 53.9 Å². The number of hydrogen-bond donors (Lipinski definition) is 2. The number of urea groups is 1. The van der Waals surface area contributed by atoms with Crippen molar-refractivity contribution in [2.45, 2.75) is 70.1 Å². The molecule has 3 rings (SSSR count). The van der Waals surface area contributed by atoms with E-state index in [1.807, 2.05) is 5.32 Å². The van der Waals surface area contributed by atoms with Crippen molar-refractivity contribution in [3.63, 3.8) is 0 Å². The molecule has 184 valence electrons. The van der Waals surface area contributed by atoms with Crippen LogP contribution in [0.4, 0.5) is 18.0 Å². The summed E-state index contributed by atoms with van der Waals surface area (Å²) in [6.45, 7) is 1.67. The van der Waals surface area contributed by atoms with Gasteiger partial charge in [0.2, 0.25) is 5.91 Å². The predicted octanol–water partition coefficient (Wildman–Crippen LogP) is 5.41. The summed E-state index contributed by atoms with van der Waals surface area (Å²) < 4.78 is 41.0. The number of allylic oxidation sites excluding steroid dienone is 4. The van der Waals surface area contributed by atoms with Crippen molar-refractivity contribution in [3.05, 3.63) is 22.2 Å². The van der Waals surface area contributed by atoms with E-state index in [4.69, 9.17) is 23.2 Å². The van der Waals surface area contributed by atoms with Crippen LogP contribution in [0.2, 0.25) is 0 Å². The fraction of sp³-hybridized carbons (Fsp3) is 0.682. The van der Waals surface area contributed by atoms with E-state index in [-0.39, 0.29) is 5.92 Å². The van der Waals surface area contributed by atoms with Gasteiger partial charge in [-0.05, 0) is 55.6 Å². The van der Waals surface area contributed by atoms with Crippen LogP contribution >= 0.6 is 23.2 Å². The smallest absolute Gasteiger partial charge is 0.408 e. The van der Waals surface area contributed by atoms with E-state index in [1.165, 1.54) is 0 Å². The number of imide groups is 1. The van der Waals surface area contributed by atoms with Gasteiger partial charge in [-0.2, -0.15) is 13.2 Å². The number of rotatable bonds is 6. The number of carboxylic acid groups (broad SMARTS) is 1. The van der Waals surface area contributed by atoms with Gasteiger partial charge >= 0.3 is 18.2 Å². The Kier molecular flexibility index (Phi) is 8.04. The number of carbonyl (C=O) groups excluding carboxylic acids is 2. The summed E-state index contributed by atoms with van der Waals surface area (Å²) in [4.78, 5) is 37.8. The number of halogens is 5. The number of amides is 3. The lowest BCUT2D eigenvalue weighted by molar-refractivity contribution is -0.174. The molecule has 1 heterocycles. The van der Waals surface area contributed by atoms with Crippen molar-refractivity contribution in [3.8, 4) is 0 Å². The number of β-lactam (4-membered cyclic amide) rings is 1. The summed E-state index contributed by atoms with van der Waals surface area (Å²) in [6, 6.07) is -4.97. The maximum absolute atomic E-state index is 13.7. The van der Waals surface area contributed by atoms with E-state index in [2.05, 4.69) is 0 Å². The first-order valence-corrected chi connectivity index (χ1v) is 11.8.